The Morgan fingerprint density at radius 3 is 1.93 bits per heavy atom. The first kappa shape index (κ1) is 31.9. The van der Waals surface area contributed by atoms with E-state index in [2.05, 4.69) is 5.32 Å². The smallest absolute Gasteiger partial charge is 0.264 e. The summed E-state index contributed by atoms with van der Waals surface area (Å²) in [5.74, 6) is -0.702. The maximum Gasteiger partial charge on any atom is 0.264 e. The van der Waals surface area contributed by atoms with Gasteiger partial charge in [0.2, 0.25) is 11.8 Å². The predicted molar refractivity (Wildman–Crippen MR) is 165 cm³/mol. The molecule has 41 heavy (non-hydrogen) atoms. The summed E-state index contributed by atoms with van der Waals surface area (Å²) in [6.07, 6.45) is 1.14. The molecule has 0 saturated carbocycles. The van der Waals surface area contributed by atoms with Gasteiger partial charge in [0.15, 0.2) is 0 Å². The monoisotopic (exact) mass is 577 g/mol. The number of hydrogen-bond acceptors (Lipinski definition) is 4. The lowest BCUT2D eigenvalue weighted by Gasteiger charge is -2.34. The van der Waals surface area contributed by atoms with Crippen molar-refractivity contribution in [2.24, 2.45) is 0 Å². The van der Waals surface area contributed by atoms with Gasteiger partial charge in [-0.15, -0.1) is 0 Å². The number of aryl methyl sites for hydroxylation is 4. The van der Waals surface area contributed by atoms with Gasteiger partial charge < -0.3 is 10.2 Å². The Hall–Kier alpha value is -3.65. The van der Waals surface area contributed by atoms with E-state index < -0.39 is 28.5 Å². The van der Waals surface area contributed by atoms with Crippen molar-refractivity contribution in [2.75, 3.05) is 10.8 Å². The van der Waals surface area contributed by atoms with E-state index >= 15 is 0 Å². The molecule has 0 fully saturated rings. The van der Waals surface area contributed by atoms with Gasteiger partial charge in [-0.25, -0.2) is 8.42 Å². The minimum absolute atomic E-state index is 0.0539. The highest BCUT2D eigenvalue weighted by atomic mass is 32.2. The second kappa shape index (κ2) is 13.8. The topological polar surface area (TPSA) is 86.8 Å². The molecule has 2 atom stereocenters. The Morgan fingerprint density at radius 1 is 0.805 bits per heavy atom. The van der Waals surface area contributed by atoms with Gasteiger partial charge in [0.1, 0.15) is 12.6 Å². The van der Waals surface area contributed by atoms with E-state index in [4.69, 9.17) is 0 Å². The molecule has 3 aromatic carbocycles. The first-order valence-electron chi connectivity index (χ1n) is 14.2. The van der Waals surface area contributed by atoms with Crippen molar-refractivity contribution < 1.29 is 18.0 Å². The van der Waals surface area contributed by atoms with Gasteiger partial charge in [0, 0.05) is 12.6 Å². The summed E-state index contributed by atoms with van der Waals surface area (Å²) in [6, 6.07) is 18.9. The number of benzene rings is 3. The fourth-order valence-electron chi connectivity index (χ4n) is 4.50. The molecule has 0 aliphatic carbocycles. The number of rotatable bonds is 12. The SMILES string of the molecule is CC[C@H](C(=O)N[C@@H](C)CC)N(Cc1ccc(C)cc1)C(=O)CN(c1ccc(C)c(C)c1)S(=O)(=O)c1ccc(C)cc1. The fourth-order valence-corrected chi connectivity index (χ4v) is 5.90. The molecule has 0 aliphatic rings. The average Bonchev–Trinajstić information content (AvgIpc) is 2.94. The van der Waals surface area contributed by atoms with Crippen LogP contribution in [0, 0.1) is 27.7 Å². The Labute approximate surface area is 245 Å². The molecule has 0 radical (unpaired) electrons. The largest absolute Gasteiger partial charge is 0.352 e. The van der Waals surface area contributed by atoms with Crippen LogP contribution >= 0.6 is 0 Å². The lowest BCUT2D eigenvalue weighted by atomic mass is 10.1. The molecule has 3 rings (SSSR count). The molecule has 0 bridgehead atoms. The van der Waals surface area contributed by atoms with Gasteiger partial charge in [-0.1, -0.05) is 67.4 Å². The number of amides is 2. The quantitative estimate of drug-likeness (QED) is 0.293. The van der Waals surface area contributed by atoms with Crippen molar-refractivity contribution in [1.29, 1.82) is 0 Å². The molecule has 8 heteroatoms. The standard InChI is InChI=1S/C33H43N3O4S/c1-8-27(7)34-33(38)31(9-2)35(21-28-15-10-23(3)11-16-28)32(37)22-36(29-17-14-25(5)26(6)20-29)41(39,40)30-18-12-24(4)13-19-30/h10-20,27,31H,8-9,21-22H2,1-7H3,(H,34,38)/t27-,31+/m0/s1. The summed E-state index contributed by atoms with van der Waals surface area (Å²) in [5.41, 5.74) is 5.20. The van der Waals surface area contributed by atoms with Crippen LogP contribution in [0.5, 0.6) is 0 Å². The molecule has 3 aromatic rings. The number of sulfonamides is 1. The van der Waals surface area contributed by atoms with Crippen LogP contribution in [-0.4, -0.2) is 43.8 Å². The molecule has 0 aliphatic heterocycles. The van der Waals surface area contributed by atoms with Crippen LogP contribution in [0.2, 0.25) is 0 Å². The van der Waals surface area contributed by atoms with Gasteiger partial charge in [-0.05, 0) is 88.4 Å². The zero-order valence-electron chi connectivity index (χ0n) is 25.3. The molecular weight excluding hydrogens is 534 g/mol. The van der Waals surface area contributed by atoms with E-state index in [1.807, 2.05) is 78.8 Å². The molecule has 7 nitrogen and oxygen atoms in total. The van der Waals surface area contributed by atoms with Crippen LogP contribution in [-0.2, 0) is 26.2 Å². The molecule has 0 spiro atoms. The van der Waals surface area contributed by atoms with Crippen LogP contribution in [0.4, 0.5) is 5.69 Å². The third-order valence-corrected chi connectivity index (χ3v) is 9.31. The van der Waals surface area contributed by atoms with Gasteiger partial charge >= 0.3 is 0 Å². The van der Waals surface area contributed by atoms with Gasteiger partial charge in [0.25, 0.3) is 10.0 Å². The van der Waals surface area contributed by atoms with Gasteiger partial charge in [-0.3, -0.25) is 13.9 Å². The van der Waals surface area contributed by atoms with E-state index in [0.717, 1.165) is 38.5 Å². The summed E-state index contributed by atoms with van der Waals surface area (Å²) < 4.78 is 29.2. The molecule has 0 aromatic heterocycles. The highest BCUT2D eigenvalue weighted by Crippen LogP contribution is 2.27. The Balaban J connectivity index is 2.08. The second-order valence-electron chi connectivity index (χ2n) is 10.8. The number of carbonyl (C=O) groups is 2. The maximum atomic E-state index is 14.2. The summed E-state index contributed by atoms with van der Waals surface area (Å²) in [6.45, 7) is 13.2. The van der Waals surface area contributed by atoms with Crippen LogP contribution < -0.4 is 9.62 Å². The van der Waals surface area contributed by atoms with Gasteiger partial charge in [0.05, 0.1) is 10.6 Å². The van der Waals surface area contributed by atoms with Crippen LogP contribution in [0.15, 0.2) is 71.6 Å². The maximum absolute atomic E-state index is 14.2. The Morgan fingerprint density at radius 2 is 1.39 bits per heavy atom. The zero-order valence-corrected chi connectivity index (χ0v) is 26.1. The number of hydrogen-bond donors (Lipinski definition) is 1. The number of nitrogens with zero attached hydrogens (tertiary/aromatic N) is 2. The molecular formula is C33H43N3O4S. The first-order valence-corrected chi connectivity index (χ1v) is 15.6. The van der Waals surface area contributed by atoms with Crippen LogP contribution in [0.25, 0.3) is 0 Å². The summed E-state index contributed by atoms with van der Waals surface area (Å²) in [5, 5.41) is 3.01. The van der Waals surface area contributed by atoms with E-state index in [1.165, 1.54) is 4.90 Å². The molecule has 0 unspecified atom stereocenters. The second-order valence-corrected chi connectivity index (χ2v) is 12.7. The minimum Gasteiger partial charge on any atom is -0.352 e. The predicted octanol–water partition coefficient (Wildman–Crippen LogP) is 5.84. The molecule has 1 N–H and O–H groups in total. The molecule has 0 saturated heterocycles. The number of anilines is 1. The van der Waals surface area contributed by atoms with E-state index in [0.29, 0.717) is 12.1 Å². The lowest BCUT2D eigenvalue weighted by molar-refractivity contribution is -0.140. The Bertz CT molecular complexity index is 1450. The minimum atomic E-state index is -4.10. The van der Waals surface area contributed by atoms with E-state index in [1.54, 1.807) is 36.4 Å². The van der Waals surface area contributed by atoms with Crippen LogP contribution in [0.3, 0.4) is 0 Å². The average molecular weight is 578 g/mol. The Kier molecular flexibility index (Phi) is 10.7. The van der Waals surface area contributed by atoms with E-state index in [9.17, 15) is 18.0 Å². The molecule has 2 amide bonds. The highest BCUT2D eigenvalue weighted by Gasteiger charge is 2.34. The number of carbonyl (C=O) groups excluding carboxylic acids is 2. The molecule has 0 heterocycles. The van der Waals surface area contributed by atoms with Crippen LogP contribution in [0.1, 0.15) is 61.4 Å². The lowest BCUT2D eigenvalue weighted by Crippen LogP contribution is -2.53. The molecule has 220 valence electrons. The third kappa shape index (κ3) is 7.97. The summed E-state index contributed by atoms with van der Waals surface area (Å²) in [4.78, 5) is 29.2. The van der Waals surface area contributed by atoms with Gasteiger partial charge in [-0.2, -0.15) is 0 Å². The first-order chi connectivity index (χ1) is 19.4. The normalized spacial score (nSPS) is 12.9. The van der Waals surface area contributed by atoms with Crippen molar-refractivity contribution in [1.82, 2.24) is 10.2 Å². The van der Waals surface area contributed by atoms with Crippen molar-refractivity contribution >= 4 is 27.5 Å². The van der Waals surface area contributed by atoms with E-state index in [-0.39, 0.29) is 23.4 Å². The van der Waals surface area contributed by atoms with Crippen molar-refractivity contribution in [3.05, 3.63) is 94.5 Å². The van der Waals surface area contributed by atoms with Crippen molar-refractivity contribution in [3.8, 4) is 0 Å². The fraction of sp³-hybridized carbons (Fsp3) is 0.394. The summed E-state index contributed by atoms with van der Waals surface area (Å²) in [7, 11) is -4.10. The summed E-state index contributed by atoms with van der Waals surface area (Å²) >= 11 is 0. The number of nitrogens with one attached hydrogen (secondary N) is 1. The van der Waals surface area contributed by atoms with Crippen molar-refractivity contribution in [2.45, 2.75) is 84.8 Å². The third-order valence-electron chi connectivity index (χ3n) is 7.53. The van der Waals surface area contributed by atoms with Crippen molar-refractivity contribution in [3.63, 3.8) is 0 Å². The highest BCUT2D eigenvalue weighted by molar-refractivity contribution is 7.92. The zero-order chi connectivity index (χ0) is 30.3.